The van der Waals surface area contributed by atoms with E-state index in [1.54, 1.807) is 20.8 Å². The lowest BCUT2D eigenvalue weighted by Gasteiger charge is -2.23. The van der Waals surface area contributed by atoms with Crippen molar-refractivity contribution in [2.75, 3.05) is 11.2 Å². The second kappa shape index (κ2) is 7.72. The minimum Gasteiger partial charge on any atom is -0.344 e. The highest BCUT2D eigenvalue weighted by Gasteiger charge is 2.29. The van der Waals surface area contributed by atoms with Crippen LogP contribution in [0.25, 0.3) is 10.6 Å². The zero-order chi connectivity index (χ0) is 17.7. The highest BCUT2D eigenvalue weighted by molar-refractivity contribution is 7.18. The Kier molecular flexibility index (Phi) is 5.90. The fraction of sp³-hybridized carbons (Fsp3) is 0.375. The second-order valence-corrected chi connectivity index (χ2v) is 7.23. The minimum absolute atomic E-state index is 0.171. The second-order valence-electron chi connectivity index (χ2n) is 5.98. The van der Waals surface area contributed by atoms with Gasteiger partial charge in [-0.15, -0.1) is 21.8 Å². The highest BCUT2D eigenvalue weighted by Crippen LogP contribution is 2.26. The molecule has 0 aliphatic heterocycles. The summed E-state index contributed by atoms with van der Waals surface area (Å²) < 4.78 is 0. The zero-order valence-electron chi connectivity index (χ0n) is 13.7. The van der Waals surface area contributed by atoms with E-state index in [2.05, 4.69) is 20.8 Å². The van der Waals surface area contributed by atoms with Crippen LogP contribution in [0.5, 0.6) is 0 Å². The molecule has 0 radical (unpaired) electrons. The SMILES string of the molecule is CC(NC(=O)C(C)(C)CCl)C(=O)Nc1nnc(-c2ccccc2)s1. The first-order valence-corrected chi connectivity index (χ1v) is 8.75. The summed E-state index contributed by atoms with van der Waals surface area (Å²) in [5.41, 5.74) is 0.194. The van der Waals surface area contributed by atoms with E-state index in [0.717, 1.165) is 5.56 Å². The van der Waals surface area contributed by atoms with Gasteiger partial charge in [0.25, 0.3) is 0 Å². The van der Waals surface area contributed by atoms with Crippen molar-refractivity contribution in [2.45, 2.75) is 26.8 Å². The van der Waals surface area contributed by atoms with Gasteiger partial charge in [0.2, 0.25) is 16.9 Å². The average Bonchev–Trinajstić information content (AvgIpc) is 3.04. The van der Waals surface area contributed by atoms with Gasteiger partial charge in [0, 0.05) is 11.4 Å². The summed E-state index contributed by atoms with van der Waals surface area (Å²) in [5, 5.41) is 14.4. The van der Waals surface area contributed by atoms with E-state index < -0.39 is 11.5 Å². The van der Waals surface area contributed by atoms with Crippen LogP contribution >= 0.6 is 22.9 Å². The molecule has 0 saturated carbocycles. The average molecular weight is 367 g/mol. The summed E-state index contributed by atoms with van der Waals surface area (Å²) in [6, 6.07) is 8.87. The Hall–Kier alpha value is -1.99. The van der Waals surface area contributed by atoms with Crippen LogP contribution in [-0.2, 0) is 9.59 Å². The third-order valence-electron chi connectivity index (χ3n) is 3.37. The smallest absolute Gasteiger partial charge is 0.248 e. The lowest BCUT2D eigenvalue weighted by Crippen LogP contribution is -2.47. The molecule has 2 aromatic rings. The van der Waals surface area contributed by atoms with Gasteiger partial charge in [-0.2, -0.15) is 0 Å². The van der Waals surface area contributed by atoms with E-state index in [9.17, 15) is 9.59 Å². The number of nitrogens with one attached hydrogen (secondary N) is 2. The summed E-state index contributed by atoms with van der Waals surface area (Å²) in [4.78, 5) is 24.2. The zero-order valence-corrected chi connectivity index (χ0v) is 15.2. The topological polar surface area (TPSA) is 84.0 Å². The van der Waals surface area contributed by atoms with Crippen LogP contribution in [0.2, 0.25) is 0 Å². The van der Waals surface area contributed by atoms with Crippen molar-refractivity contribution in [3.8, 4) is 10.6 Å². The van der Waals surface area contributed by atoms with Gasteiger partial charge in [0.05, 0.1) is 5.41 Å². The molecule has 0 saturated heterocycles. The van der Waals surface area contributed by atoms with Crippen molar-refractivity contribution >= 4 is 39.9 Å². The fourth-order valence-electron chi connectivity index (χ4n) is 1.70. The molecule has 2 amide bonds. The Balaban J connectivity index is 1.97. The van der Waals surface area contributed by atoms with Gasteiger partial charge < -0.3 is 5.32 Å². The Bertz CT molecular complexity index is 718. The Morgan fingerprint density at radius 1 is 1.25 bits per heavy atom. The summed E-state index contributed by atoms with van der Waals surface area (Å²) >= 11 is 7.04. The number of anilines is 1. The van der Waals surface area contributed by atoms with Gasteiger partial charge in [0.1, 0.15) is 11.0 Å². The van der Waals surface area contributed by atoms with Crippen molar-refractivity contribution in [3.05, 3.63) is 30.3 Å². The maximum atomic E-state index is 12.2. The molecule has 1 aromatic heterocycles. The largest absolute Gasteiger partial charge is 0.344 e. The summed E-state index contributed by atoms with van der Waals surface area (Å²) in [7, 11) is 0. The van der Waals surface area contributed by atoms with Crippen LogP contribution < -0.4 is 10.6 Å². The molecule has 1 heterocycles. The molecule has 0 bridgehead atoms. The lowest BCUT2D eigenvalue weighted by atomic mass is 9.95. The van der Waals surface area contributed by atoms with E-state index in [4.69, 9.17) is 11.6 Å². The highest BCUT2D eigenvalue weighted by atomic mass is 35.5. The Labute approximate surface area is 149 Å². The summed E-state index contributed by atoms with van der Waals surface area (Å²) in [6.45, 7) is 5.05. The van der Waals surface area contributed by atoms with E-state index in [-0.39, 0.29) is 17.7 Å². The van der Waals surface area contributed by atoms with Crippen molar-refractivity contribution < 1.29 is 9.59 Å². The van der Waals surface area contributed by atoms with E-state index in [0.29, 0.717) is 10.1 Å². The van der Waals surface area contributed by atoms with Crippen LogP contribution in [-0.4, -0.2) is 33.9 Å². The third-order valence-corrected chi connectivity index (χ3v) is 4.92. The van der Waals surface area contributed by atoms with Crippen molar-refractivity contribution in [1.82, 2.24) is 15.5 Å². The molecule has 0 spiro atoms. The van der Waals surface area contributed by atoms with Crippen LogP contribution in [0.3, 0.4) is 0 Å². The van der Waals surface area contributed by atoms with E-state index >= 15 is 0 Å². The molecule has 1 atom stereocenters. The maximum absolute atomic E-state index is 12.2. The molecule has 8 heteroatoms. The number of benzene rings is 1. The lowest BCUT2D eigenvalue weighted by molar-refractivity contribution is -0.131. The monoisotopic (exact) mass is 366 g/mol. The normalized spacial score (nSPS) is 12.5. The maximum Gasteiger partial charge on any atom is 0.248 e. The molecule has 0 aliphatic rings. The number of halogens is 1. The van der Waals surface area contributed by atoms with E-state index in [1.807, 2.05) is 30.3 Å². The molecule has 0 fully saturated rings. The van der Waals surface area contributed by atoms with Crippen LogP contribution in [0.1, 0.15) is 20.8 Å². The van der Waals surface area contributed by atoms with Crippen LogP contribution in [0.15, 0.2) is 30.3 Å². The Morgan fingerprint density at radius 3 is 2.54 bits per heavy atom. The summed E-state index contributed by atoms with van der Waals surface area (Å²) in [5.74, 6) is -0.462. The Morgan fingerprint density at radius 2 is 1.92 bits per heavy atom. The predicted molar refractivity (Wildman–Crippen MR) is 96.1 cm³/mol. The third kappa shape index (κ3) is 4.52. The molecule has 1 unspecified atom stereocenters. The van der Waals surface area contributed by atoms with Gasteiger partial charge in [-0.1, -0.05) is 41.7 Å². The molecule has 0 aliphatic carbocycles. The van der Waals surface area contributed by atoms with Gasteiger partial charge in [0.15, 0.2) is 0 Å². The van der Waals surface area contributed by atoms with Crippen LogP contribution in [0.4, 0.5) is 5.13 Å². The number of carbonyl (C=O) groups excluding carboxylic acids is 2. The van der Waals surface area contributed by atoms with Crippen molar-refractivity contribution in [3.63, 3.8) is 0 Å². The minimum atomic E-state index is -0.737. The number of hydrogen-bond donors (Lipinski definition) is 2. The fourth-order valence-corrected chi connectivity index (χ4v) is 2.58. The first-order chi connectivity index (χ1) is 11.3. The van der Waals surface area contributed by atoms with Crippen molar-refractivity contribution in [1.29, 1.82) is 0 Å². The first-order valence-electron chi connectivity index (χ1n) is 7.40. The molecular weight excluding hydrogens is 348 g/mol. The van der Waals surface area contributed by atoms with Gasteiger partial charge in [-0.25, -0.2) is 0 Å². The number of aromatic nitrogens is 2. The molecule has 2 N–H and O–H groups in total. The number of hydrogen-bond acceptors (Lipinski definition) is 5. The number of alkyl halides is 1. The number of amides is 2. The van der Waals surface area contributed by atoms with Gasteiger partial charge >= 0.3 is 0 Å². The first kappa shape index (κ1) is 18.4. The van der Waals surface area contributed by atoms with E-state index in [1.165, 1.54) is 11.3 Å². The number of rotatable bonds is 6. The molecule has 2 rings (SSSR count). The molecule has 6 nitrogen and oxygen atoms in total. The standard InChI is InChI=1S/C16H19ClN4O2S/c1-10(18-14(23)16(2,3)9-17)12(22)19-15-21-20-13(24-15)11-7-5-4-6-8-11/h4-8,10H,9H2,1-3H3,(H,18,23)(H,19,21,22). The molecule has 24 heavy (non-hydrogen) atoms. The van der Waals surface area contributed by atoms with Gasteiger partial charge in [-0.3, -0.25) is 14.9 Å². The molecule has 128 valence electrons. The molecular formula is C16H19ClN4O2S. The summed E-state index contributed by atoms with van der Waals surface area (Å²) in [6.07, 6.45) is 0. The molecule has 1 aromatic carbocycles. The quantitative estimate of drug-likeness (QED) is 0.770. The van der Waals surface area contributed by atoms with Gasteiger partial charge in [-0.05, 0) is 20.8 Å². The number of carbonyl (C=O) groups is 2. The number of nitrogens with zero attached hydrogens (tertiary/aromatic N) is 2. The van der Waals surface area contributed by atoms with Crippen LogP contribution in [0, 0.1) is 5.41 Å². The predicted octanol–water partition coefficient (Wildman–Crippen LogP) is 2.91. The van der Waals surface area contributed by atoms with Crippen molar-refractivity contribution in [2.24, 2.45) is 5.41 Å².